The number of hydrogen-bond acceptors (Lipinski definition) is 3. The van der Waals surface area contributed by atoms with Gasteiger partial charge in [-0.05, 0) is 31.4 Å². The maximum atomic E-state index is 12.4. The lowest BCUT2D eigenvalue weighted by Crippen LogP contribution is -2.43. The van der Waals surface area contributed by atoms with Gasteiger partial charge >= 0.3 is 0 Å². The van der Waals surface area contributed by atoms with E-state index in [2.05, 4.69) is 38.0 Å². The first-order chi connectivity index (χ1) is 8.77. The van der Waals surface area contributed by atoms with Crippen molar-refractivity contribution in [3.8, 4) is 0 Å². The Morgan fingerprint density at radius 2 is 2.11 bits per heavy atom. The van der Waals surface area contributed by atoms with Gasteiger partial charge in [-0.1, -0.05) is 20.8 Å². The molecule has 1 amide bonds. The van der Waals surface area contributed by atoms with Crippen LogP contribution in [0.3, 0.4) is 0 Å². The maximum absolute atomic E-state index is 12.4. The lowest BCUT2D eigenvalue weighted by atomic mass is 9.87. The first-order valence-corrected chi connectivity index (χ1v) is 6.74. The van der Waals surface area contributed by atoms with Crippen LogP contribution in [0.1, 0.15) is 45.1 Å². The second kappa shape index (κ2) is 6.04. The molecule has 1 heterocycles. The summed E-state index contributed by atoms with van der Waals surface area (Å²) in [6.07, 6.45) is 1.67. The fourth-order valence-corrected chi connectivity index (χ4v) is 1.80. The van der Waals surface area contributed by atoms with Crippen LogP contribution < -0.4 is 5.32 Å². The van der Waals surface area contributed by atoms with E-state index in [4.69, 9.17) is 0 Å². The van der Waals surface area contributed by atoms with Gasteiger partial charge in [-0.3, -0.25) is 9.78 Å². The van der Waals surface area contributed by atoms with Crippen molar-refractivity contribution >= 4 is 11.6 Å². The van der Waals surface area contributed by atoms with Crippen LogP contribution in [0.25, 0.3) is 0 Å². The second-order valence-electron chi connectivity index (χ2n) is 5.92. The molecule has 0 aliphatic carbocycles. The van der Waals surface area contributed by atoms with E-state index in [0.29, 0.717) is 5.69 Å². The highest BCUT2D eigenvalue weighted by molar-refractivity contribution is 5.93. The zero-order valence-electron chi connectivity index (χ0n) is 12.8. The zero-order valence-corrected chi connectivity index (χ0v) is 12.8. The SMILES string of the molecule is CCNc1ccnc(C(=O)N(C)C(C)C(C)(C)C)c1. The number of hydrogen-bond donors (Lipinski definition) is 1. The Hall–Kier alpha value is -1.58. The molecule has 0 saturated heterocycles. The summed E-state index contributed by atoms with van der Waals surface area (Å²) in [6.45, 7) is 11.3. The monoisotopic (exact) mass is 263 g/mol. The van der Waals surface area contributed by atoms with Crippen LogP contribution in [-0.2, 0) is 0 Å². The highest BCUT2D eigenvalue weighted by Crippen LogP contribution is 2.24. The van der Waals surface area contributed by atoms with E-state index < -0.39 is 0 Å². The molecule has 0 fully saturated rings. The number of amides is 1. The van der Waals surface area contributed by atoms with Crippen molar-refractivity contribution in [2.75, 3.05) is 18.9 Å². The predicted octanol–water partition coefficient (Wildman–Crippen LogP) is 3.02. The molecular weight excluding hydrogens is 238 g/mol. The molecule has 1 unspecified atom stereocenters. The Morgan fingerprint density at radius 3 is 2.63 bits per heavy atom. The lowest BCUT2D eigenvalue weighted by molar-refractivity contribution is 0.0623. The Kier molecular flexibility index (Phi) is 4.92. The minimum Gasteiger partial charge on any atom is -0.385 e. The molecule has 0 aliphatic rings. The van der Waals surface area contributed by atoms with Crippen molar-refractivity contribution in [3.05, 3.63) is 24.0 Å². The first-order valence-electron chi connectivity index (χ1n) is 6.74. The topological polar surface area (TPSA) is 45.2 Å². The molecule has 1 atom stereocenters. The summed E-state index contributed by atoms with van der Waals surface area (Å²) in [4.78, 5) is 18.4. The third kappa shape index (κ3) is 3.94. The van der Waals surface area contributed by atoms with Crippen LogP contribution in [0.5, 0.6) is 0 Å². The quantitative estimate of drug-likeness (QED) is 0.908. The number of anilines is 1. The van der Waals surface area contributed by atoms with Crippen LogP contribution >= 0.6 is 0 Å². The highest BCUT2D eigenvalue weighted by Gasteiger charge is 2.28. The first kappa shape index (κ1) is 15.5. The average Bonchev–Trinajstić information content (AvgIpc) is 2.36. The molecule has 0 radical (unpaired) electrons. The summed E-state index contributed by atoms with van der Waals surface area (Å²) in [6, 6.07) is 3.81. The van der Waals surface area contributed by atoms with Gasteiger partial charge in [-0.25, -0.2) is 0 Å². The van der Waals surface area contributed by atoms with Crippen LogP contribution in [-0.4, -0.2) is 35.4 Å². The molecular formula is C15H25N3O. The summed E-state index contributed by atoms with van der Waals surface area (Å²) < 4.78 is 0. The van der Waals surface area contributed by atoms with Crippen LogP contribution in [0, 0.1) is 5.41 Å². The molecule has 1 aromatic rings. The molecule has 4 nitrogen and oxygen atoms in total. The van der Waals surface area contributed by atoms with Gasteiger partial charge in [0.25, 0.3) is 5.91 Å². The van der Waals surface area contributed by atoms with E-state index >= 15 is 0 Å². The van der Waals surface area contributed by atoms with Gasteiger partial charge in [0.15, 0.2) is 0 Å². The summed E-state index contributed by atoms with van der Waals surface area (Å²) in [5, 5.41) is 3.19. The summed E-state index contributed by atoms with van der Waals surface area (Å²) in [5.41, 5.74) is 1.46. The van der Waals surface area contributed by atoms with Gasteiger partial charge in [-0.15, -0.1) is 0 Å². The van der Waals surface area contributed by atoms with Crippen molar-refractivity contribution in [3.63, 3.8) is 0 Å². The van der Waals surface area contributed by atoms with E-state index in [0.717, 1.165) is 12.2 Å². The number of carbonyl (C=O) groups excluding carboxylic acids is 1. The largest absolute Gasteiger partial charge is 0.385 e. The van der Waals surface area contributed by atoms with Crippen molar-refractivity contribution in [1.29, 1.82) is 0 Å². The molecule has 0 aliphatic heterocycles. The van der Waals surface area contributed by atoms with Gasteiger partial charge in [0.1, 0.15) is 5.69 Å². The van der Waals surface area contributed by atoms with Gasteiger partial charge in [0.2, 0.25) is 0 Å². The van der Waals surface area contributed by atoms with E-state index in [1.54, 1.807) is 17.2 Å². The molecule has 106 valence electrons. The molecule has 1 rings (SSSR count). The number of carbonyl (C=O) groups is 1. The lowest BCUT2D eigenvalue weighted by Gasteiger charge is -2.35. The average molecular weight is 263 g/mol. The van der Waals surface area contributed by atoms with Crippen molar-refractivity contribution in [2.24, 2.45) is 5.41 Å². The Morgan fingerprint density at radius 1 is 1.47 bits per heavy atom. The standard InChI is InChI=1S/C15H25N3O/c1-7-16-12-8-9-17-13(10-12)14(19)18(6)11(2)15(3,4)5/h8-11H,7H2,1-6H3,(H,16,17). The van der Waals surface area contributed by atoms with Crippen molar-refractivity contribution < 1.29 is 4.79 Å². The fraction of sp³-hybridized carbons (Fsp3) is 0.600. The molecule has 4 heteroatoms. The van der Waals surface area contributed by atoms with Crippen molar-refractivity contribution in [1.82, 2.24) is 9.88 Å². The molecule has 0 bridgehead atoms. The smallest absolute Gasteiger partial charge is 0.272 e. The molecule has 1 aromatic heterocycles. The molecule has 0 aromatic carbocycles. The second-order valence-corrected chi connectivity index (χ2v) is 5.92. The Labute approximate surface area is 116 Å². The van der Waals surface area contributed by atoms with Crippen LogP contribution in [0.2, 0.25) is 0 Å². The van der Waals surface area contributed by atoms with Gasteiger partial charge in [-0.2, -0.15) is 0 Å². The minimum atomic E-state index is -0.0396. The number of rotatable bonds is 4. The molecule has 1 N–H and O–H groups in total. The minimum absolute atomic E-state index is 0.0396. The van der Waals surface area contributed by atoms with Crippen molar-refractivity contribution in [2.45, 2.75) is 40.7 Å². The van der Waals surface area contributed by atoms with E-state index in [9.17, 15) is 4.79 Å². The summed E-state index contributed by atoms with van der Waals surface area (Å²) in [5.74, 6) is -0.0396. The summed E-state index contributed by atoms with van der Waals surface area (Å²) >= 11 is 0. The number of pyridine rings is 1. The van der Waals surface area contributed by atoms with E-state index in [-0.39, 0.29) is 17.4 Å². The molecule has 0 spiro atoms. The third-order valence-corrected chi connectivity index (χ3v) is 3.51. The number of nitrogens with one attached hydrogen (secondary N) is 1. The maximum Gasteiger partial charge on any atom is 0.272 e. The molecule has 0 saturated carbocycles. The fourth-order valence-electron chi connectivity index (χ4n) is 1.80. The number of nitrogens with zero attached hydrogens (tertiary/aromatic N) is 2. The predicted molar refractivity (Wildman–Crippen MR) is 79.4 cm³/mol. The molecule has 19 heavy (non-hydrogen) atoms. The van der Waals surface area contributed by atoms with E-state index in [1.165, 1.54) is 0 Å². The van der Waals surface area contributed by atoms with Crippen LogP contribution in [0.15, 0.2) is 18.3 Å². The van der Waals surface area contributed by atoms with Gasteiger partial charge in [0, 0.05) is 31.5 Å². The third-order valence-electron chi connectivity index (χ3n) is 3.51. The summed E-state index contributed by atoms with van der Waals surface area (Å²) in [7, 11) is 1.83. The zero-order chi connectivity index (χ0) is 14.6. The Bertz CT molecular complexity index is 437. The highest BCUT2D eigenvalue weighted by atomic mass is 16.2. The van der Waals surface area contributed by atoms with Gasteiger partial charge < -0.3 is 10.2 Å². The van der Waals surface area contributed by atoms with Crippen LogP contribution in [0.4, 0.5) is 5.69 Å². The number of aromatic nitrogens is 1. The van der Waals surface area contributed by atoms with E-state index in [1.807, 2.05) is 20.0 Å². The van der Waals surface area contributed by atoms with Gasteiger partial charge in [0.05, 0.1) is 0 Å². The normalized spacial score (nSPS) is 12.9. The Balaban J connectivity index is 2.91.